The van der Waals surface area contributed by atoms with Crippen molar-refractivity contribution in [2.24, 2.45) is 17.8 Å². The van der Waals surface area contributed by atoms with E-state index in [0.29, 0.717) is 25.7 Å². The van der Waals surface area contributed by atoms with Crippen LogP contribution in [-0.4, -0.2) is 20.8 Å². The van der Waals surface area contributed by atoms with Crippen LogP contribution in [0.5, 0.6) is 0 Å². The maximum atomic E-state index is 15.3. The van der Waals surface area contributed by atoms with Gasteiger partial charge in [0.05, 0.1) is 0 Å². The molecule has 0 saturated heterocycles. The minimum atomic E-state index is -6.76. The number of rotatable bonds is 52. The minimum absolute atomic E-state index is 0.00398. The zero-order valence-electron chi connectivity index (χ0n) is 45.0. The van der Waals surface area contributed by atoms with Crippen molar-refractivity contribution in [1.82, 2.24) is 0 Å². The van der Waals surface area contributed by atoms with Crippen LogP contribution in [0.1, 0.15) is 331 Å². The fraction of sp³-hybridized carbons (Fsp3) is 0.948. The molecule has 0 fully saturated rings. The number of hydrogen-bond donors (Lipinski definition) is 0. The molecule has 0 rings (SSSR count). The molecule has 7 heteroatoms. The van der Waals surface area contributed by atoms with E-state index in [-0.39, 0.29) is 25.9 Å². The third kappa shape index (κ3) is 37.8. The SMILES string of the molecule is CCCC[O][Ti](=[O])([O]C(=O)CCCCCCCCCCCCCCC(C)C)([C](=O)CCCCCCCCCCCCCCC(C)C)[C](=O)CCCCCCCCCCCCCCC(C)C. The second-order valence-corrected chi connectivity index (χ2v) is 27.6. The molecule has 0 aromatic heterocycles. The molecule has 0 bridgehead atoms. The number of carbonyl (C=O) groups excluding carboxylic acids is 3. The first-order valence-corrected chi connectivity index (χ1v) is 32.6. The fourth-order valence-electron chi connectivity index (χ4n) is 9.35. The van der Waals surface area contributed by atoms with Crippen LogP contribution in [0, 0.1) is 17.8 Å². The van der Waals surface area contributed by atoms with E-state index in [1.807, 2.05) is 6.92 Å². The van der Waals surface area contributed by atoms with E-state index in [1.165, 1.54) is 173 Å². The zero-order valence-corrected chi connectivity index (χ0v) is 46.6. The van der Waals surface area contributed by atoms with Crippen LogP contribution in [0.2, 0.25) is 0 Å². The summed E-state index contributed by atoms with van der Waals surface area (Å²) in [6.45, 7) is 15.8. The molecule has 0 aromatic carbocycles. The van der Waals surface area contributed by atoms with Gasteiger partial charge in [0, 0.05) is 0 Å². The summed E-state index contributed by atoms with van der Waals surface area (Å²) in [5.41, 5.74) is 0. The van der Waals surface area contributed by atoms with Gasteiger partial charge in [0.15, 0.2) is 0 Å². The fourth-order valence-corrected chi connectivity index (χ4v) is 14.3. The van der Waals surface area contributed by atoms with Crippen molar-refractivity contribution < 1.29 is 40.4 Å². The molecule has 0 amide bonds. The molecule has 0 aromatic rings. The van der Waals surface area contributed by atoms with Gasteiger partial charge < -0.3 is 0 Å². The summed E-state index contributed by atoms with van der Waals surface area (Å²) in [5, 5.41) is 0. The molecule has 6 nitrogen and oxygen atoms in total. The van der Waals surface area contributed by atoms with Gasteiger partial charge in [-0.2, -0.15) is 0 Å². The van der Waals surface area contributed by atoms with E-state index in [1.54, 1.807) is 0 Å². The summed E-state index contributed by atoms with van der Waals surface area (Å²) in [5.74, 6) is 1.74. The van der Waals surface area contributed by atoms with Crippen molar-refractivity contribution in [3.63, 3.8) is 0 Å². The van der Waals surface area contributed by atoms with Crippen LogP contribution in [0.25, 0.3) is 0 Å². The number of unbranched alkanes of at least 4 members (excludes halogenated alkanes) is 34. The molecule has 386 valence electrons. The van der Waals surface area contributed by atoms with Crippen LogP contribution in [-0.2, 0) is 40.4 Å². The predicted molar refractivity (Wildman–Crippen MR) is 276 cm³/mol. The third-order valence-electron chi connectivity index (χ3n) is 13.9. The van der Waals surface area contributed by atoms with Gasteiger partial charge in [-0.3, -0.25) is 0 Å². The molecule has 0 aliphatic heterocycles. The Labute approximate surface area is 407 Å². The van der Waals surface area contributed by atoms with E-state index in [9.17, 15) is 14.4 Å². The van der Waals surface area contributed by atoms with Crippen molar-refractivity contribution in [3.8, 4) is 0 Å². The van der Waals surface area contributed by atoms with Gasteiger partial charge in [-0.1, -0.05) is 106 Å². The van der Waals surface area contributed by atoms with Crippen LogP contribution in [0.3, 0.4) is 0 Å². The first kappa shape index (κ1) is 64.3. The van der Waals surface area contributed by atoms with Gasteiger partial charge >= 0.3 is 286 Å². The maximum absolute atomic E-state index is 15.3. The molecule has 0 radical (unpaired) electrons. The molecular formula is C58H114O6Ti. The molecule has 0 atom stereocenters. The van der Waals surface area contributed by atoms with E-state index in [2.05, 4.69) is 41.5 Å². The van der Waals surface area contributed by atoms with E-state index < -0.39 is 30.2 Å². The van der Waals surface area contributed by atoms with Gasteiger partial charge in [-0.15, -0.1) is 0 Å². The zero-order chi connectivity index (χ0) is 48.1. The van der Waals surface area contributed by atoms with Crippen LogP contribution in [0.15, 0.2) is 0 Å². The summed E-state index contributed by atoms with van der Waals surface area (Å²) in [7, 11) is 0. The van der Waals surface area contributed by atoms with Crippen LogP contribution < -0.4 is 0 Å². The van der Waals surface area contributed by atoms with E-state index in [4.69, 9.17) is 6.64 Å². The Hall–Kier alpha value is -0.716. The molecule has 0 N–H and O–H groups in total. The van der Waals surface area contributed by atoms with E-state index >= 15 is 3.32 Å². The molecule has 0 aliphatic carbocycles. The van der Waals surface area contributed by atoms with Gasteiger partial charge in [0.25, 0.3) is 0 Å². The monoisotopic (exact) mass is 955 g/mol. The van der Waals surface area contributed by atoms with Crippen molar-refractivity contribution in [2.75, 3.05) is 6.61 Å². The summed E-state index contributed by atoms with van der Waals surface area (Å²) >= 11 is -6.76. The second-order valence-electron chi connectivity index (χ2n) is 22.0. The first-order chi connectivity index (χ1) is 31.4. The smallest absolute Gasteiger partial charge is 0.0628 e. The van der Waals surface area contributed by atoms with Crippen molar-refractivity contribution in [3.05, 3.63) is 0 Å². The van der Waals surface area contributed by atoms with Crippen LogP contribution >= 0.6 is 0 Å². The number of carbonyl (C=O) groups is 3. The average Bonchev–Trinajstić information content (AvgIpc) is 3.26. The van der Waals surface area contributed by atoms with Gasteiger partial charge in [-0.05, 0) is 17.8 Å². The van der Waals surface area contributed by atoms with Crippen molar-refractivity contribution in [2.45, 2.75) is 331 Å². The Balaban J connectivity index is 5.07. The minimum Gasteiger partial charge on any atom is -0.0628 e. The molecule has 0 heterocycles. The van der Waals surface area contributed by atoms with Gasteiger partial charge in [0.2, 0.25) is 0 Å². The second kappa shape index (κ2) is 44.5. The summed E-state index contributed by atoms with van der Waals surface area (Å²) in [4.78, 5) is 41.9. The molecular weight excluding hydrogens is 840 g/mol. The topological polar surface area (TPSA) is 86.7 Å². The normalized spacial score (nSPS) is 12.3. The molecule has 0 spiro atoms. The third-order valence-corrected chi connectivity index (χ3v) is 19.8. The van der Waals surface area contributed by atoms with Gasteiger partial charge in [-0.25, -0.2) is 0 Å². The van der Waals surface area contributed by atoms with Gasteiger partial charge in [0.1, 0.15) is 0 Å². The summed E-state index contributed by atoms with van der Waals surface area (Å²) in [6, 6.07) is 0. The summed E-state index contributed by atoms with van der Waals surface area (Å²) in [6.07, 6.45) is 47.4. The molecule has 0 saturated carbocycles. The van der Waals surface area contributed by atoms with Crippen molar-refractivity contribution in [1.29, 1.82) is 0 Å². The Morgan fingerprint density at radius 1 is 0.338 bits per heavy atom. The molecule has 65 heavy (non-hydrogen) atoms. The predicted octanol–water partition coefficient (Wildman–Crippen LogP) is 19.6. The standard InChI is InChI=1S/C18H36O2.2C18H35O.C4H9O.O.Ti/c1-17(2)15-13-11-9-7-5-3-4-6-8-10-12-14-16-18(19)20;2*1-18(2)16-14-12-10-8-6-4-3-5-7-9-11-13-15-17-19;1-2-3-4-5;;/h17H,3-16H2,1-2H3,(H,19,20);2*18H,3-16H2,1-2H3;2-4H2,1H3;;/q;;;-1;;+2/p-1. The van der Waals surface area contributed by atoms with Crippen molar-refractivity contribution >= 4 is 14.1 Å². The summed E-state index contributed by atoms with van der Waals surface area (Å²) < 4.78 is 25.7. The number of hydrogen-bond acceptors (Lipinski definition) is 6. The molecule has 0 unspecified atom stereocenters. The first-order valence-electron chi connectivity index (χ1n) is 29.2. The average molecular weight is 955 g/mol. The molecule has 0 aliphatic rings. The van der Waals surface area contributed by atoms with E-state index in [0.717, 1.165) is 82.0 Å². The Morgan fingerprint density at radius 2 is 0.569 bits per heavy atom. The Morgan fingerprint density at radius 3 is 0.815 bits per heavy atom. The Kier molecular flexibility index (Phi) is 44.0. The Bertz CT molecular complexity index is 1110. The van der Waals surface area contributed by atoms with Crippen LogP contribution in [0.4, 0.5) is 0 Å². The quantitative estimate of drug-likeness (QED) is 0.0446.